The Bertz CT molecular complexity index is 758. The number of benzene rings is 1. The van der Waals surface area contributed by atoms with E-state index in [-0.39, 0.29) is 4.91 Å². The fraction of sp³-hybridized carbons (Fsp3) is 0.353. The lowest BCUT2D eigenvalue weighted by Crippen LogP contribution is -2.42. The van der Waals surface area contributed by atoms with Gasteiger partial charge in [0.15, 0.2) is 0 Å². The van der Waals surface area contributed by atoms with Crippen LogP contribution in [0.15, 0.2) is 17.0 Å². The topological polar surface area (TPSA) is 82.1 Å². The Hall–Kier alpha value is -2.48. The van der Waals surface area contributed by atoms with Gasteiger partial charge in [-0.15, -0.1) is 0 Å². The summed E-state index contributed by atoms with van der Waals surface area (Å²) >= 11 is 0.772. The largest absolute Gasteiger partial charge is 0.496 e. The number of hydrogen-bond donors (Lipinski definition) is 0. The molecule has 2 amide bonds. The van der Waals surface area contributed by atoms with Crippen LogP contribution in [0.4, 0.5) is 4.79 Å². The summed E-state index contributed by atoms with van der Waals surface area (Å²) in [7, 11) is 4.28. The molecule has 0 N–H and O–H groups in total. The maximum Gasteiger partial charge on any atom is 0.328 e. The Morgan fingerprint density at radius 1 is 1.20 bits per heavy atom. The van der Waals surface area contributed by atoms with Crippen LogP contribution in [0, 0.1) is 6.92 Å². The molecule has 0 spiro atoms. The molecule has 1 heterocycles. The van der Waals surface area contributed by atoms with Crippen LogP contribution in [0.1, 0.15) is 18.1 Å². The number of methoxy groups -OCH3 is 3. The summed E-state index contributed by atoms with van der Waals surface area (Å²) in [5.41, 5.74) is 1.41. The van der Waals surface area contributed by atoms with E-state index in [1.165, 1.54) is 21.1 Å². The molecule has 0 saturated carbocycles. The Labute approximate surface area is 149 Å². The fourth-order valence-corrected chi connectivity index (χ4v) is 3.43. The first-order valence-corrected chi connectivity index (χ1v) is 8.23. The van der Waals surface area contributed by atoms with E-state index in [1.807, 2.05) is 6.92 Å². The van der Waals surface area contributed by atoms with Crippen molar-refractivity contribution in [2.24, 2.45) is 0 Å². The monoisotopic (exact) mass is 365 g/mol. The quantitative estimate of drug-likeness (QED) is 0.586. The van der Waals surface area contributed by atoms with Crippen LogP contribution in [-0.2, 0) is 14.3 Å². The molecular formula is C17H19NO6S. The number of carbonyl (C=O) groups excluding carboxylic acids is 3. The van der Waals surface area contributed by atoms with Crippen molar-refractivity contribution in [3.8, 4) is 11.5 Å². The highest BCUT2D eigenvalue weighted by molar-refractivity contribution is 8.18. The van der Waals surface area contributed by atoms with Gasteiger partial charge in [0.25, 0.3) is 11.1 Å². The third-order valence-corrected chi connectivity index (χ3v) is 4.73. The molecule has 1 aromatic carbocycles. The maximum absolute atomic E-state index is 12.5. The highest BCUT2D eigenvalue weighted by atomic mass is 32.2. The van der Waals surface area contributed by atoms with Crippen molar-refractivity contribution in [2.75, 3.05) is 21.3 Å². The van der Waals surface area contributed by atoms with E-state index in [4.69, 9.17) is 9.47 Å². The van der Waals surface area contributed by atoms with Crippen LogP contribution >= 0.6 is 11.8 Å². The van der Waals surface area contributed by atoms with E-state index in [0.717, 1.165) is 22.2 Å². The predicted octanol–water partition coefficient (Wildman–Crippen LogP) is 2.61. The third-order valence-electron chi connectivity index (χ3n) is 3.85. The Morgan fingerprint density at radius 2 is 1.88 bits per heavy atom. The number of rotatable bonds is 5. The van der Waals surface area contributed by atoms with Crippen LogP contribution in [0.2, 0.25) is 0 Å². The first-order valence-electron chi connectivity index (χ1n) is 7.42. The van der Waals surface area contributed by atoms with Crippen molar-refractivity contribution >= 4 is 35.0 Å². The van der Waals surface area contributed by atoms with Crippen molar-refractivity contribution in [2.45, 2.75) is 19.9 Å². The standard InChI is InChI=1S/C17H19NO6S/c1-9-12(22-3)7-6-11(14(9)23-4)8-13-15(19)18(17(21)25-13)10(2)16(20)24-5/h6-8,10H,1-5H3/b13-8+/t10-/m1/s1. The molecule has 1 aliphatic rings. The van der Waals surface area contributed by atoms with Gasteiger partial charge in [0.1, 0.15) is 17.5 Å². The molecule has 134 valence electrons. The second-order valence-corrected chi connectivity index (χ2v) is 6.26. The van der Waals surface area contributed by atoms with Gasteiger partial charge in [0.2, 0.25) is 0 Å². The molecule has 1 fully saturated rings. The summed E-state index contributed by atoms with van der Waals surface area (Å²) in [6.45, 7) is 3.28. The average molecular weight is 365 g/mol. The lowest BCUT2D eigenvalue weighted by atomic mass is 10.1. The van der Waals surface area contributed by atoms with Gasteiger partial charge >= 0.3 is 5.97 Å². The summed E-state index contributed by atoms with van der Waals surface area (Å²) in [6, 6.07) is 2.51. The molecule has 1 aliphatic heterocycles. The number of imide groups is 1. The van der Waals surface area contributed by atoms with E-state index < -0.39 is 23.2 Å². The first kappa shape index (κ1) is 18.9. The van der Waals surface area contributed by atoms with Crippen LogP contribution in [-0.4, -0.2) is 49.4 Å². The third kappa shape index (κ3) is 3.48. The summed E-state index contributed by atoms with van der Waals surface area (Å²) in [5, 5.41) is -0.515. The molecule has 1 saturated heterocycles. The second kappa shape index (κ2) is 7.60. The second-order valence-electron chi connectivity index (χ2n) is 5.27. The molecule has 0 aliphatic carbocycles. The smallest absolute Gasteiger partial charge is 0.328 e. The van der Waals surface area contributed by atoms with Gasteiger partial charge in [0, 0.05) is 11.1 Å². The van der Waals surface area contributed by atoms with Crippen LogP contribution in [0.25, 0.3) is 6.08 Å². The van der Waals surface area contributed by atoms with E-state index in [0.29, 0.717) is 17.1 Å². The molecule has 25 heavy (non-hydrogen) atoms. The van der Waals surface area contributed by atoms with Gasteiger partial charge in [-0.05, 0) is 43.8 Å². The van der Waals surface area contributed by atoms with Gasteiger partial charge in [-0.1, -0.05) is 0 Å². The summed E-state index contributed by atoms with van der Waals surface area (Å²) in [6.07, 6.45) is 1.57. The number of hydrogen-bond acceptors (Lipinski definition) is 7. The minimum Gasteiger partial charge on any atom is -0.496 e. The van der Waals surface area contributed by atoms with E-state index in [9.17, 15) is 14.4 Å². The zero-order valence-corrected chi connectivity index (χ0v) is 15.4. The fourth-order valence-electron chi connectivity index (χ4n) is 2.53. The minimum absolute atomic E-state index is 0.212. The van der Waals surface area contributed by atoms with Crippen molar-refractivity contribution < 1.29 is 28.6 Å². The van der Waals surface area contributed by atoms with Gasteiger partial charge in [0.05, 0.1) is 26.2 Å². The number of esters is 1. The Balaban J connectivity index is 2.40. The summed E-state index contributed by atoms with van der Waals surface area (Å²) < 4.78 is 15.3. The van der Waals surface area contributed by atoms with Crippen molar-refractivity contribution in [1.29, 1.82) is 0 Å². The van der Waals surface area contributed by atoms with Crippen LogP contribution < -0.4 is 9.47 Å². The molecule has 0 unspecified atom stereocenters. The molecule has 7 nitrogen and oxygen atoms in total. The zero-order chi connectivity index (χ0) is 18.7. The van der Waals surface area contributed by atoms with E-state index >= 15 is 0 Å². The minimum atomic E-state index is -0.983. The Kier molecular flexibility index (Phi) is 5.73. The summed E-state index contributed by atoms with van der Waals surface area (Å²) in [4.78, 5) is 37.4. The predicted molar refractivity (Wildman–Crippen MR) is 93.6 cm³/mol. The normalized spacial score (nSPS) is 17.0. The van der Waals surface area contributed by atoms with Crippen LogP contribution in [0.3, 0.4) is 0 Å². The van der Waals surface area contributed by atoms with E-state index in [1.54, 1.807) is 25.3 Å². The molecule has 0 radical (unpaired) electrons. The highest BCUT2D eigenvalue weighted by Crippen LogP contribution is 2.37. The first-order chi connectivity index (χ1) is 11.8. The number of amides is 2. The zero-order valence-electron chi connectivity index (χ0n) is 14.6. The molecule has 1 aromatic rings. The van der Waals surface area contributed by atoms with E-state index in [2.05, 4.69) is 4.74 Å². The van der Waals surface area contributed by atoms with Gasteiger partial charge in [-0.25, -0.2) is 4.79 Å². The average Bonchev–Trinajstić information content (AvgIpc) is 2.87. The lowest BCUT2D eigenvalue weighted by molar-refractivity contribution is -0.148. The van der Waals surface area contributed by atoms with Crippen molar-refractivity contribution in [3.63, 3.8) is 0 Å². The molecular weight excluding hydrogens is 346 g/mol. The maximum atomic E-state index is 12.5. The molecule has 0 bridgehead atoms. The number of nitrogens with zero attached hydrogens (tertiary/aromatic N) is 1. The molecule has 8 heteroatoms. The van der Waals surface area contributed by atoms with Gasteiger partial charge in [-0.2, -0.15) is 0 Å². The Morgan fingerprint density at radius 3 is 2.44 bits per heavy atom. The number of ether oxygens (including phenoxy) is 3. The number of thioether (sulfide) groups is 1. The molecule has 2 rings (SSSR count). The molecule has 0 aromatic heterocycles. The highest BCUT2D eigenvalue weighted by Gasteiger charge is 2.41. The number of carbonyl (C=O) groups is 3. The lowest BCUT2D eigenvalue weighted by Gasteiger charge is -2.18. The van der Waals surface area contributed by atoms with Gasteiger partial charge < -0.3 is 14.2 Å². The van der Waals surface area contributed by atoms with Crippen LogP contribution in [0.5, 0.6) is 11.5 Å². The van der Waals surface area contributed by atoms with Crippen molar-refractivity contribution in [3.05, 3.63) is 28.2 Å². The summed E-state index contributed by atoms with van der Waals surface area (Å²) in [5.74, 6) is 0.0124. The SMILES string of the molecule is COC(=O)[C@@H](C)N1C(=O)S/C(=C/c2ccc(OC)c(C)c2OC)C1=O. The molecule has 1 atom stereocenters. The van der Waals surface area contributed by atoms with Gasteiger partial charge in [-0.3, -0.25) is 14.5 Å². The van der Waals surface area contributed by atoms with Crippen molar-refractivity contribution in [1.82, 2.24) is 4.90 Å².